The van der Waals surface area contributed by atoms with Crippen LogP contribution in [-0.4, -0.2) is 53.6 Å². The summed E-state index contributed by atoms with van der Waals surface area (Å²) in [5.41, 5.74) is 4.10. The van der Waals surface area contributed by atoms with Gasteiger partial charge in [-0.05, 0) is 49.4 Å². The fraction of sp³-hybridized carbons (Fsp3) is 0.467. The fourth-order valence-electron chi connectivity index (χ4n) is 6.15. The van der Waals surface area contributed by atoms with Gasteiger partial charge in [-0.15, -0.1) is 0 Å². The standard InChI is InChI=1S/C30H32ClN5O3S/c31-22-15-24(18-33-17-22)36-19-27(21-5-7-23(8-6-21)35-11-13-40(38,39)14-12-35)29(34-36)26-4-2-1-3-25(26)28(37)16-30(20-32)9-10-30/h5-8,15,17-19,25-26H,1-4,9-14,16H2/t25-,26-/m1/s1. The molecule has 6 rings (SSSR count). The average molecular weight is 578 g/mol. The third kappa shape index (κ3) is 5.52. The van der Waals surface area contributed by atoms with Crippen molar-refractivity contribution in [1.82, 2.24) is 14.8 Å². The first kappa shape index (κ1) is 27.0. The average Bonchev–Trinajstić information content (AvgIpc) is 3.59. The number of sulfone groups is 1. The first-order valence-corrected chi connectivity index (χ1v) is 16.2. The molecule has 1 aliphatic heterocycles. The van der Waals surface area contributed by atoms with Crippen LogP contribution in [0.25, 0.3) is 16.8 Å². The Morgan fingerprint density at radius 1 is 1.07 bits per heavy atom. The molecule has 3 heterocycles. The lowest BCUT2D eigenvalue weighted by atomic mass is 9.72. The highest BCUT2D eigenvalue weighted by Gasteiger charge is 2.47. The molecule has 0 bridgehead atoms. The SMILES string of the molecule is N#CC1(CC(=O)[C@@H]2CCCC[C@H]2c2nn(-c3cncc(Cl)c3)cc2-c2ccc(N3CCS(=O)(=O)CC3)cc2)CC1. The van der Waals surface area contributed by atoms with Crippen LogP contribution < -0.4 is 4.90 Å². The Morgan fingerprint density at radius 2 is 1.80 bits per heavy atom. The van der Waals surface area contributed by atoms with Crippen LogP contribution in [0.3, 0.4) is 0 Å². The van der Waals surface area contributed by atoms with Gasteiger partial charge in [-0.3, -0.25) is 9.78 Å². The number of hydrogen-bond donors (Lipinski definition) is 0. The second kappa shape index (κ2) is 10.6. The van der Waals surface area contributed by atoms with E-state index < -0.39 is 15.3 Å². The molecule has 0 amide bonds. The molecule has 2 aliphatic carbocycles. The van der Waals surface area contributed by atoms with Crippen molar-refractivity contribution in [1.29, 1.82) is 5.26 Å². The van der Waals surface area contributed by atoms with Gasteiger partial charge >= 0.3 is 0 Å². The molecule has 2 aromatic heterocycles. The highest BCUT2D eigenvalue weighted by Crippen LogP contribution is 2.51. The fourth-order valence-corrected chi connectivity index (χ4v) is 7.52. The minimum Gasteiger partial charge on any atom is -0.369 e. The minimum absolute atomic E-state index is 0.0360. The van der Waals surface area contributed by atoms with Crippen LogP contribution >= 0.6 is 11.6 Å². The monoisotopic (exact) mass is 577 g/mol. The summed E-state index contributed by atoms with van der Waals surface area (Å²) < 4.78 is 25.5. The third-order valence-corrected chi connectivity index (χ3v) is 10.5. The number of aromatic nitrogens is 3. The molecule has 3 aliphatic rings. The molecule has 1 aromatic carbocycles. The number of anilines is 1. The van der Waals surface area contributed by atoms with Gasteiger partial charge in [0.25, 0.3) is 0 Å². The van der Waals surface area contributed by atoms with Crippen molar-refractivity contribution in [2.24, 2.45) is 11.3 Å². The van der Waals surface area contributed by atoms with Crippen molar-refractivity contribution in [3.8, 4) is 22.9 Å². The number of Topliss-reactive ketones (excluding diaryl/α,β-unsaturated/α-hetero) is 1. The van der Waals surface area contributed by atoms with E-state index in [1.54, 1.807) is 17.1 Å². The number of nitriles is 1. The van der Waals surface area contributed by atoms with E-state index in [4.69, 9.17) is 16.7 Å². The predicted molar refractivity (Wildman–Crippen MR) is 154 cm³/mol. The molecular formula is C30H32ClN5O3S. The molecule has 0 unspecified atom stereocenters. The Labute approximate surface area is 239 Å². The first-order chi connectivity index (χ1) is 19.3. The zero-order chi connectivity index (χ0) is 27.9. The largest absolute Gasteiger partial charge is 0.369 e. The van der Waals surface area contributed by atoms with Gasteiger partial charge in [0, 0.05) is 55.0 Å². The van der Waals surface area contributed by atoms with Gasteiger partial charge in [-0.25, -0.2) is 13.1 Å². The number of hydrogen-bond acceptors (Lipinski definition) is 7. The lowest BCUT2D eigenvalue weighted by molar-refractivity contribution is -0.125. The molecule has 1 saturated heterocycles. The number of halogens is 1. The van der Waals surface area contributed by atoms with E-state index in [1.807, 2.05) is 36.5 Å². The van der Waals surface area contributed by atoms with Crippen LogP contribution in [-0.2, 0) is 14.6 Å². The molecule has 2 saturated carbocycles. The maximum Gasteiger partial charge on any atom is 0.153 e. The molecule has 0 N–H and O–H groups in total. The van der Waals surface area contributed by atoms with E-state index in [0.717, 1.165) is 66.7 Å². The summed E-state index contributed by atoms with van der Waals surface area (Å²) in [5.74, 6) is 0.330. The van der Waals surface area contributed by atoms with Crippen molar-refractivity contribution in [3.63, 3.8) is 0 Å². The second-order valence-corrected chi connectivity index (χ2v) is 14.2. The maximum absolute atomic E-state index is 13.6. The quantitative estimate of drug-likeness (QED) is 0.372. The Morgan fingerprint density at radius 3 is 2.48 bits per heavy atom. The smallest absolute Gasteiger partial charge is 0.153 e. The Hall–Kier alpha value is -3.22. The molecule has 3 aromatic rings. The van der Waals surface area contributed by atoms with Gasteiger partial charge in [0.1, 0.15) is 5.78 Å². The highest BCUT2D eigenvalue weighted by atomic mass is 35.5. The van der Waals surface area contributed by atoms with E-state index in [1.165, 1.54) is 0 Å². The van der Waals surface area contributed by atoms with E-state index >= 15 is 0 Å². The van der Waals surface area contributed by atoms with Gasteiger partial charge in [-0.1, -0.05) is 36.6 Å². The Bertz CT molecular complexity index is 1560. The summed E-state index contributed by atoms with van der Waals surface area (Å²) >= 11 is 6.24. The maximum atomic E-state index is 13.6. The summed E-state index contributed by atoms with van der Waals surface area (Å²) in [7, 11) is -2.95. The summed E-state index contributed by atoms with van der Waals surface area (Å²) in [4.78, 5) is 19.9. The van der Waals surface area contributed by atoms with Crippen LogP contribution in [0.5, 0.6) is 0 Å². The lowest BCUT2D eigenvalue weighted by Gasteiger charge is -2.31. The van der Waals surface area contributed by atoms with Gasteiger partial charge in [0.2, 0.25) is 0 Å². The highest BCUT2D eigenvalue weighted by molar-refractivity contribution is 7.91. The molecule has 0 radical (unpaired) electrons. The van der Waals surface area contributed by atoms with Crippen LogP contribution in [0.2, 0.25) is 5.02 Å². The molecule has 40 heavy (non-hydrogen) atoms. The zero-order valence-electron chi connectivity index (χ0n) is 22.3. The predicted octanol–water partition coefficient (Wildman–Crippen LogP) is 5.36. The summed E-state index contributed by atoms with van der Waals surface area (Å²) in [6.07, 6.45) is 10.9. The van der Waals surface area contributed by atoms with Crippen molar-refractivity contribution >= 4 is 32.9 Å². The molecule has 208 valence electrons. The summed E-state index contributed by atoms with van der Waals surface area (Å²) in [5, 5.41) is 15.2. The van der Waals surface area contributed by atoms with Crippen LogP contribution in [0.1, 0.15) is 56.6 Å². The lowest BCUT2D eigenvalue weighted by Crippen LogP contribution is -2.40. The van der Waals surface area contributed by atoms with Crippen molar-refractivity contribution in [2.45, 2.75) is 50.9 Å². The summed E-state index contributed by atoms with van der Waals surface area (Å²) in [6.45, 7) is 0.978. The van der Waals surface area contributed by atoms with Crippen LogP contribution in [0.15, 0.2) is 48.9 Å². The number of carbonyl (C=O) groups excluding carboxylic acids is 1. The van der Waals surface area contributed by atoms with E-state index in [2.05, 4.69) is 16.0 Å². The second-order valence-electron chi connectivity index (χ2n) is 11.5. The van der Waals surface area contributed by atoms with E-state index in [9.17, 15) is 18.5 Å². The number of pyridine rings is 1. The number of rotatable bonds is 7. The third-order valence-electron chi connectivity index (χ3n) is 8.72. The minimum atomic E-state index is -2.95. The Kier molecular flexibility index (Phi) is 7.18. The summed E-state index contributed by atoms with van der Waals surface area (Å²) in [6, 6.07) is 12.4. The number of nitrogens with zero attached hydrogens (tertiary/aromatic N) is 5. The number of ketones is 1. The number of carbonyl (C=O) groups is 1. The topological polar surface area (TPSA) is 109 Å². The molecule has 0 spiro atoms. The Balaban J connectivity index is 1.35. The van der Waals surface area contributed by atoms with E-state index in [-0.39, 0.29) is 29.1 Å². The normalized spacial score (nSPS) is 23.4. The van der Waals surface area contributed by atoms with Crippen molar-refractivity contribution < 1.29 is 13.2 Å². The molecule has 10 heteroatoms. The van der Waals surface area contributed by atoms with Gasteiger partial charge < -0.3 is 4.90 Å². The molecule has 8 nitrogen and oxygen atoms in total. The zero-order valence-corrected chi connectivity index (χ0v) is 23.9. The van der Waals surface area contributed by atoms with Gasteiger partial charge in [0.15, 0.2) is 9.84 Å². The van der Waals surface area contributed by atoms with Crippen LogP contribution in [0.4, 0.5) is 5.69 Å². The van der Waals surface area contributed by atoms with Crippen molar-refractivity contribution in [3.05, 3.63) is 59.6 Å². The van der Waals surface area contributed by atoms with Gasteiger partial charge in [-0.2, -0.15) is 10.4 Å². The molecular weight excluding hydrogens is 546 g/mol. The first-order valence-electron chi connectivity index (χ1n) is 14.0. The molecule has 3 fully saturated rings. The van der Waals surface area contributed by atoms with Crippen molar-refractivity contribution in [2.75, 3.05) is 29.5 Å². The van der Waals surface area contributed by atoms with E-state index in [0.29, 0.717) is 24.5 Å². The molecule has 2 atom stereocenters. The van der Waals surface area contributed by atoms with Crippen LogP contribution in [0, 0.1) is 22.7 Å². The number of benzene rings is 1. The van der Waals surface area contributed by atoms with Gasteiger partial charge in [0.05, 0.1) is 45.6 Å².